The Morgan fingerprint density at radius 1 is 1.38 bits per heavy atom. The van der Waals surface area contributed by atoms with Crippen molar-refractivity contribution >= 4 is 16.9 Å². The quantitative estimate of drug-likeness (QED) is 0.792. The van der Waals surface area contributed by atoms with Crippen LogP contribution in [0.3, 0.4) is 0 Å². The maximum Gasteiger partial charge on any atom is 0.332 e. The minimum Gasteiger partial charge on any atom is -0.304 e. The van der Waals surface area contributed by atoms with E-state index >= 15 is 0 Å². The van der Waals surface area contributed by atoms with E-state index in [1.54, 1.807) is 10.8 Å². The molecule has 2 aromatic rings. The van der Waals surface area contributed by atoms with Crippen LogP contribution in [0.1, 0.15) is 25.7 Å². The van der Waals surface area contributed by atoms with Crippen LogP contribution in [0.5, 0.6) is 0 Å². The second-order valence-corrected chi connectivity index (χ2v) is 4.08. The summed E-state index contributed by atoms with van der Waals surface area (Å²) in [6.45, 7) is 0. The molecule has 0 bridgehead atoms. The highest BCUT2D eigenvalue weighted by atomic mass is 16.1. The van der Waals surface area contributed by atoms with Gasteiger partial charge in [0.2, 0.25) is 0 Å². The maximum absolute atomic E-state index is 11.9. The molecule has 0 amide bonds. The first-order valence-electron chi connectivity index (χ1n) is 5.61. The number of pyridine rings is 1. The molecule has 4 nitrogen and oxygen atoms in total. The largest absolute Gasteiger partial charge is 0.332 e. The summed E-state index contributed by atoms with van der Waals surface area (Å²) in [4.78, 5) is 19.0. The van der Waals surface area contributed by atoms with Crippen LogP contribution in [0.4, 0.5) is 0 Å². The summed E-state index contributed by atoms with van der Waals surface area (Å²) in [5, 5.41) is 0. The molecule has 16 heavy (non-hydrogen) atoms. The van der Waals surface area contributed by atoms with Crippen LogP contribution in [0.2, 0.25) is 0 Å². The molecule has 0 spiro atoms. The van der Waals surface area contributed by atoms with Gasteiger partial charge in [0.1, 0.15) is 0 Å². The van der Waals surface area contributed by atoms with E-state index in [1.807, 2.05) is 12.1 Å². The third kappa shape index (κ3) is 1.38. The van der Waals surface area contributed by atoms with E-state index in [-0.39, 0.29) is 5.69 Å². The lowest BCUT2D eigenvalue weighted by Crippen LogP contribution is -2.17. The average Bonchev–Trinajstić information content (AvgIpc) is 2.66. The SMILES string of the molecule is O=c1[nH]c2cccnc2n1C1=CCCCC1. The van der Waals surface area contributed by atoms with Crippen molar-refractivity contribution in [1.29, 1.82) is 0 Å². The Balaban J connectivity index is 2.26. The van der Waals surface area contributed by atoms with Gasteiger partial charge in [-0.05, 0) is 37.8 Å². The predicted octanol–water partition coefficient (Wildman–Crippen LogP) is 2.14. The molecule has 0 saturated heterocycles. The van der Waals surface area contributed by atoms with E-state index < -0.39 is 0 Å². The number of allylic oxidation sites excluding steroid dienone is 2. The van der Waals surface area contributed by atoms with Gasteiger partial charge in [0.05, 0.1) is 5.52 Å². The van der Waals surface area contributed by atoms with Crippen molar-refractivity contribution in [3.8, 4) is 0 Å². The molecule has 0 radical (unpaired) electrons. The van der Waals surface area contributed by atoms with Gasteiger partial charge in [-0.2, -0.15) is 0 Å². The Hall–Kier alpha value is -1.84. The van der Waals surface area contributed by atoms with Gasteiger partial charge in [-0.25, -0.2) is 14.3 Å². The highest BCUT2D eigenvalue weighted by Crippen LogP contribution is 2.22. The lowest BCUT2D eigenvalue weighted by molar-refractivity contribution is 0.715. The molecule has 1 aliphatic rings. The Morgan fingerprint density at radius 3 is 3.12 bits per heavy atom. The molecule has 2 aromatic heterocycles. The van der Waals surface area contributed by atoms with Gasteiger partial charge in [-0.1, -0.05) is 6.08 Å². The zero-order chi connectivity index (χ0) is 11.0. The summed E-state index contributed by atoms with van der Waals surface area (Å²) < 4.78 is 1.70. The Labute approximate surface area is 92.6 Å². The first kappa shape index (κ1) is 9.39. The smallest absolute Gasteiger partial charge is 0.304 e. The molecule has 3 rings (SSSR count). The van der Waals surface area contributed by atoms with Crippen LogP contribution in [0.15, 0.2) is 29.2 Å². The second-order valence-electron chi connectivity index (χ2n) is 4.08. The predicted molar refractivity (Wildman–Crippen MR) is 63.1 cm³/mol. The minimum atomic E-state index is -0.0816. The van der Waals surface area contributed by atoms with Gasteiger partial charge < -0.3 is 4.98 Å². The summed E-state index contributed by atoms with van der Waals surface area (Å²) >= 11 is 0. The third-order valence-corrected chi connectivity index (χ3v) is 3.00. The van der Waals surface area contributed by atoms with Crippen LogP contribution in [0.25, 0.3) is 16.9 Å². The molecule has 0 fully saturated rings. The number of hydrogen-bond acceptors (Lipinski definition) is 2. The fraction of sp³-hybridized carbons (Fsp3) is 0.333. The number of imidazole rings is 1. The van der Waals surface area contributed by atoms with Crippen LogP contribution in [-0.2, 0) is 0 Å². The van der Waals surface area contributed by atoms with Crippen molar-refractivity contribution in [3.63, 3.8) is 0 Å². The molecule has 0 aromatic carbocycles. The molecule has 0 saturated carbocycles. The highest BCUT2D eigenvalue weighted by Gasteiger charge is 2.13. The lowest BCUT2D eigenvalue weighted by atomic mass is 10.0. The molecule has 4 heteroatoms. The molecular formula is C12H13N3O. The van der Waals surface area contributed by atoms with E-state index in [1.165, 1.54) is 6.42 Å². The second kappa shape index (κ2) is 3.63. The topological polar surface area (TPSA) is 50.7 Å². The van der Waals surface area contributed by atoms with E-state index in [0.29, 0.717) is 0 Å². The zero-order valence-corrected chi connectivity index (χ0v) is 8.94. The normalized spacial score (nSPS) is 16.4. The zero-order valence-electron chi connectivity index (χ0n) is 8.94. The van der Waals surface area contributed by atoms with Gasteiger partial charge in [0, 0.05) is 11.9 Å². The van der Waals surface area contributed by atoms with Gasteiger partial charge in [-0.3, -0.25) is 0 Å². The fourth-order valence-corrected chi connectivity index (χ4v) is 2.23. The molecule has 1 aliphatic carbocycles. The van der Waals surface area contributed by atoms with Crippen molar-refractivity contribution in [2.24, 2.45) is 0 Å². The first-order chi connectivity index (χ1) is 7.86. The summed E-state index contributed by atoms with van der Waals surface area (Å²) in [5.41, 5.74) is 2.54. The van der Waals surface area contributed by atoms with Crippen molar-refractivity contribution in [3.05, 3.63) is 34.9 Å². The molecule has 0 unspecified atom stereocenters. The molecule has 0 atom stereocenters. The van der Waals surface area contributed by atoms with Crippen LogP contribution in [-0.4, -0.2) is 14.5 Å². The standard InChI is InChI=1S/C12H13N3O/c16-12-14-10-7-4-8-13-11(10)15(12)9-5-2-1-3-6-9/h4-5,7-8H,1-3,6H2,(H,14,16). The maximum atomic E-state index is 11.9. The van der Waals surface area contributed by atoms with E-state index in [2.05, 4.69) is 16.0 Å². The van der Waals surface area contributed by atoms with Crippen molar-refractivity contribution in [2.75, 3.05) is 0 Å². The Kier molecular flexibility index (Phi) is 2.13. The number of fused-ring (bicyclic) bond motifs is 1. The highest BCUT2D eigenvalue weighted by molar-refractivity contribution is 5.74. The number of hydrogen-bond donors (Lipinski definition) is 1. The molecule has 2 heterocycles. The summed E-state index contributed by atoms with van der Waals surface area (Å²) in [6, 6.07) is 3.71. The van der Waals surface area contributed by atoms with Gasteiger partial charge in [0.15, 0.2) is 5.65 Å². The third-order valence-electron chi connectivity index (χ3n) is 3.00. The summed E-state index contributed by atoms with van der Waals surface area (Å²) in [5.74, 6) is 0. The van der Waals surface area contributed by atoms with Crippen LogP contribution >= 0.6 is 0 Å². The van der Waals surface area contributed by atoms with Gasteiger partial charge in [-0.15, -0.1) is 0 Å². The summed E-state index contributed by atoms with van der Waals surface area (Å²) in [7, 11) is 0. The van der Waals surface area contributed by atoms with Gasteiger partial charge in [0.25, 0.3) is 0 Å². The van der Waals surface area contributed by atoms with E-state index in [4.69, 9.17) is 0 Å². The average molecular weight is 215 g/mol. The number of aromatic nitrogens is 3. The number of nitrogens with zero attached hydrogens (tertiary/aromatic N) is 2. The number of H-pyrrole nitrogens is 1. The molecule has 1 N–H and O–H groups in total. The fourth-order valence-electron chi connectivity index (χ4n) is 2.23. The molecular weight excluding hydrogens is 202 g/mol. The molecule has 0 aliphatic heterocycles. The van der Waals surface area contributed by atoms with Crippen molar-refractivity contribution in [2.45, 2.75) is 25.7 Å². The number of aromatic amines is 1. The molecule has 82 valence electrons. The number of nitrogens with one attached hydrogen (secondary N) is 1. The van der Waals surface area contributed by atoms with Crippen molar-refractivity contribution < 1.29 is 0 Å². The summed E-state index contributed by atoms with van der Waals surface area (Å²) in [6.07, 6.45) is 8.25. The van der Waals surface area contributed by atoms with Crippen LogP contribution in [0, 0.1) is 0 Å². The monoisotopic (exact) mass is 215 g/mol. The Bertz CT molecular complexity index is 606. The first-order valence-corrected chi connectivity index (χ1v) is 5.61. The number of rotatable bonds is 1. The van der Waals surface area contributed by atoms with E-state index in [0.717, 1.165) is 36.1 Å². The van der Waals surface area contributed by atoms with Crippen molar-refractivity contribution in [1.82, 2.24) is 14.5 Å². The minimum absolute atomic E-state index is 0.0816. The van der Waals surface area contributed by atoms with Crippen LogP contribution < -0.4 is 5.69 Å². The lowest BCUT2D eigenvalue weighted by Gasteiger charge is -2.12. The van der Waals surface area contributed by atoms with Gasteiger partial charge >= 0.3 is 5.69 Å². The van der Waals surface area contributed by atoms with E-state index in [9.17, 15) is 4.79 Å². The Morgan fingerprint density at radius 2 is 2.31 bits per heavy atom.